The number of hydrogen-bond acceptors (Lipinski definition) is 4. The fraction of sp³-hybridized carbons (Fsp3) is 0.667. The van der Waals surface area contributed by atoms with Gasteiger partial charge in [0, 0.05) is 19.1 Å². The van der Waals surface area contributed by atoms with Crippen LogP contribution in [0.1, 0.15) is 25.6 Å². The second-order valence-corrected chi connectivity index (χ2v) is 4.50. The van der Waals surface area contributed by atoms with E-state index in [0.717, 1.165) is 25.5 Å². The van der Waals surface area contributed by atoms with Crippen molar-refractivity contribution in [3.05, 3.63) is 24.2 Å². The molecule has 0 aliphatic carbocycles. The second-order valence-electron chi connectivity index (χ2n) is 4.50. The van der Waals surface area contributed by atoms with Gasteiger partial charge in [0.15, 0.2) is 0 Å². The van der Waals surface area contributed by atoms with E-state index in [0.29, 0.717) is 0 Å². The maximum atomic E-state index is 6.06. The van der Waals surface area contributed by atoms with Crippen LogP contribution in [0.4, 0.5) is 0 Å². The van der Waals surface area contributed by atoms with E-state index in [2.05, 4.69) is 11.8 Å². The SMILES string of the molecule is CC1CN(C(c2ccco2)C(C)N)CCO1. The third kappa shape index (κ3) is 2.45. The van der Waals surface area contributed by atoms with E-state index in [1.807, 2.05) is 19.1 Å². The van der Waals surface area contributed by atoms with Gasteiger partial charge in [-0.2, -0.15) is 0 Å². The highest BCUT2D eigenvalue weighted by Gasteiger charge is 2.29. The molecule has 1 aliphatic heterocycles. The van der Waals surface area contributed by atoms with Crippen LogP contribution in [0.5, 0.6) is 0 Å². The van der Waals surface area contributed by atoms with Crippen molar-refractivity contribution in [1.29, 1.82) is 0 Å². The third-order valence-electron chi connectivity index (χ3n) is 3.00. The Kier molecular flexibility index (Phi) is 3.63. The predicted molar refractivity (Wildman–Crippen MR) is 62.1 cm³/mol. The van der Waals surface area contributed by atoms with Gasteiger partial charge in [-0.1, -0.05) is 0 Å². The summed E-state index contributed by atoms with van der Waals surface area (Å²) in [5.41, 5.74) is 6.06. The minimum absolute atomic E-state index is 0.0523. The highest BCUT2D eigenvalue weighted by molar-refractivity contribution is 5.07. The highest BCUT2D eigenvalue weighted by Crippen LogP contribution is 2.25. The molecule has 3 atom stereocenters. The number of nitrogens with two attached hydrogens (primary N) is 1. The largest absolute Gasteiger partial charge is 0.468 e. The molecule has 16 heavy (non-hydrogen) atoms. The number of rotatable bonds is 3. The molecule has 1 saturated heterocycles. The van der Waals surface area contributed by atoms with Crippen molar-refractivity contribution >= 4 is 0 Å². The first-order valence-electron chi connectivity index (χ1n) is 5.83. The van der Waals surface area contributed by atoms with Gasteiger partial charge < -0.3 is 14.9 Å². The number of ether oxygens (including phenoxy) is 1. The Morgan fingerprint density at radius 1 is 1.56 bits per heavy atom. The van der Waals surface area contributed by atoms with E-state index in [1.165, 1.54) is 0 Å². The summed E-state index contributed by atoms with van der Waals surface area (Å²) in [6.45, 7) is 6.70. The molecule has 2 heterocycles. The lowest BCUT2D eigenvalue weighted by molar-refractivity contribution is -0.0408. The summed E-state index contributed by atoms with van der Waals surface area (Å²) in [7, 11) is 0. The standard InChI is InChI=1S/C12H20N2O2/c1-9-8-14(5-7-15-9)12(10(2)13)11-4-3-6-16-11/h3-4,6,9-10,12H,5,7-8,13H2,1-2H3. The molecule has 2 N–H and O–H groups in total. The smallest absolute Gasteiger partial charge is 0.122 e. The first-order valence-corrected chi connectivity index (χ1v) is 5.83. The van der Waals surface area contributed by atoms with Crippen LogP contribution in [-0.2, 0) is 4.74 Å². The fourth-order valence-corrected chi connectivity index (χ4v) is 2.33. The lowest BCUT2D eigenvalue weighted by atomic mass is 10.0. The minimum Gasteiger partial charge on any atom is -0.468 e. The molecular weight excluding hydrogens is 204 g/mol. The molecule has 0 spiro atoms. The van der Waals surface area contributed by atoms with Crippen LogP contribution in [0, 0.1) is 0 Å². The van der Waals surface area contributed by atoms with E-state index in [4.69, 9.17) is 14.9 Å². The van der Waals surface area contributed by atoms with Crippen molar-refractivity contribution in [2.24, 2.45) is 5.73 Å². The number of nitrogens with zero attached hydrogens (tertiary/aromatic N) is 1. The highest BCUT2D eigenvalue weighted by atomic mass is 16.5. The van der Waals surface area contributed by atoms with Crippen LogP contribution in [0.3, 0.4) is 0 Å². The van der Waals surface area contributed by atoms with E-state index in [1.54, 1.807) is 6.26 Å². The van der Waals surface area contributed by atoms with Gasteiger partial charge in [-0.3, -0.25) is 4.90 Å². The van der Waals surface area contributed by atoms with Gasteiger partial charge >= 0.3 is 0 Å². The van der Waals surface area contributed by atoms with E-state index in [9.17, 15) is 0 Å². The second kappa shape index (κ2) is 4.99. The van der Waals surface area contributed by atoms with Crippen molar-refractivity contribution in [2.75, 3.05) is 19.7 Å². The molecular formula is C12H20N2O2. The van der Waals surface area contributed by atoms with E-state index < -0.39 is 0 Å². The zero-order valence-electron chi connectivity index (χ0n) is 9.93. The molecule has 3 unspecified atom stereocenters. The molecule has 90 valence electrons. The monoisotopic (exact) mass is 224 g/mol. The topological polar surface area (TPSA) is 51.6 Å². The van der Waals surface area contributed by atoms with Gasteiger partial charge in [0.25, 0.3) is 0 Å². The molecule has 0 saturated carbocycles. The molecule has 1 aromatic heterocycles. The van der Waals surface area contributed by atoms with Crippen LogP contribution in [0.2, 0.25) is 0 Å². The Labute approximate surface area is 96.4 Å². The number of furan rings is 1. The van der Waals surface area contributed by atoms with Gasteiger partial charge in [0.2, 0.25) is 0 Å². The first-order chi connectivity index (χ1) is 7.68. The van der Waals surface area contributed by atoms with Crippen molar-refractivity contribution < 1.29 is 9.15 Å². The summed E-state index contributed by atoms with van der Waals surface area (Å²) >= 11 is 0. The van der Waals surface area contributed by atoms with Crippen LogP contribution < -0.4 is 5.73 Å². The van der Waals surface area contributed by atoms with Crippen molar-refractivity contribution in [2.45, 2.75) is 32.0 Å². The lowest BCUT2D eigenvalue weighted by Crippen LogP contribution is -2.47. The number of morpholine rings is 1. The Morgan fingerprint density at radius 3 is 2.94 bits per heavy atom. The summed E-state index contributed by atoms with van der Waals surface area (Å²) in [5, 5.41) is 0. The summed E-state index contributed by atoms with van der Waals surface area (Å²) in [6.07, 6.45) is 1.97. The van der Waals surface area contributed by atoms with Crippen LogP contribution in [0.15, 0.2) is 22.8 Å². The summed E-state index contributed by atoms with van der Waals surface area (Å²) in [4.78, 5) is 2.34. The van der Waals surface area contributed by atoms with Crippen molar-refractivity contribution in [1.82, 2.24) is 4.90 Å². The maximum Gasteiger partial charge on any atom is 0.122 e. The lowest BCUT2D eigenvalue weighted by Gasteiger charge is -2.37. The Bertz CT molecular complexity index is 311. The van der Waals surface area contributed by atoms with Gasteiger partial charge in [0.05, 0.1) is 25.0 Å². The summed E-state index contributed by atoms with van der Waals surface area (Å²) in [5.74, 6) is 0.948. The first kappa shape index (κ1) is 11.6. The van der Waals surface area contributed by atoms with Crippen LogP contribution >= 0.6 is 0 Å². The Balaban J connectivity index is 2.13. The molecule has 0 amide bonds. The molecule has 1 aromatic rings. The van der Waals surface area contributed by atoms with Crippen LogP contribution in [-0.4, -0.2) is 36.7 Å². The van der Waals surface area contributed by atoms with Crippen molar-refractivity contribution in [3.63, 3.8) is 0 Å². The van der Waals surface area contributed by atoms with Crippen molar-refractivity contribution in [3.8, 4) is 0 Å². The molecule has 0 bridgehead atoms. The van der Waals surface area contributed by atoms with Gasteiger partial charge in [0.1, 0.15) is 5.76 Å². The molecule has 1 fully saturated rings. The molecule has 0 aromatic carbocycles. The maximum absolute atomic E-state index is 6.06. The fourth-order valence-electron chi connectivity index (χ4n) is 2.33. The summed E-state index contributed by atoms with van der Waals surface area (Å²) < 4.78 is 11.0. The average Bonchev–Trinajstić information content (AvgIpc) is 2.71. The van der Waals surface area contributed by atoms with E-state index >= 15 is 0 Å². The number of hydrogen-bond donors (Lipinski definition) is 1. The Hall–Kier alpha value is -0.840. The average molecular weight is 224 g/mol. The normalized spacial score (nSPS) is 26.6. The third-order valence-corrected chi connectivity index (χ3v) is 3.00. The Morgan fingerprint density at radius 2 is 2.38 bits per heavy atom. The zero-order valence-corrected chi connectivity index (χ0v) is 9.93. The molecule has 2 rings (SSSR count). The zero-order chi connectivity index (χ0) is 11.5. The predicted octanol–water partition coefficient (Wildman–Crippen LogP) is 1.39. The van der Waals surface area contributed by atoms with Gasteiger partial charge in [-0.05, 0) is 26.0 Å². The summed E-state index contributed by atoms with van der Waals surface area (Å²) in [6, 6.07) is 4.11. The molecule has 1 aliphatic rings. The van der Waals surface area contributed by atoms with Crippen LogP contribution in [0.25, 0.3) is 0 Å². The molecule has 4 nitrogen and oxygen atoms in total. The quantitative estimate of drug-likeness (QED) is 0.843. The van der Waals surface area contributed by atoms with E-state index in [-0.39, 0.29) is 18.2 Å². The minimum atomic E-state index is 0.0523. The van der Waals surface area contributed by atoms with Gasteiger partial charge in [-0.15, -0.1) is 0 Å². The molecule has 0 radical (unpaired) electrons. The van der Waals surface area contributed by atoms with Gasteiger partial charge in [-0.25, -0.2) is 0 Å². The molecule has 4 heteroatoms.